The Morgan fingerprint density at radius 2 is 2.11 bits per heavy atom. The molecule has 0 saturated heterocycles. The van der Waals surface area contributed by atoms with Gasteiger partial charge in [0.1, 0.15) is 0 Å². The molecule has 0 spiro atoms. The Kier molecular flexibility index (Phi) is 5.07. The summed E-state index contributed by atoms with van der Waals surface area (Å²) < 4.78 is 0. The predicted molar refractivity (Wildman–Crippen MR) is 117 cm³/mol. The zero-order valence-corrected chi connectivity index (χ0v) is 16.6. The Bertz CT molecular complexity index is 917. The van der Waals surface area contributed by atoms with E-state index < -0.39 is 0 Å². The Morgan fingerprint density at radius 1 is 1.29 bits per heavy atom. The van der Waals surface area contributed by atoms with Crippen molar-refractivity contribution in [2.45, 2.75) is 45.6 Å². The Hall–Kier alpha value is -2.82. The van der Waals surface area contributed by atoms with Gasteiger partial charge in [0.25, 0.3) is 0 Å². The second-order valence-electron chi connectivity index (χ2n) is 7.86. The molecule has 1 aliphatic heterocycles. The smallest absolute Gasteiger partial charge is 0.226 e. The van der Waals surface area contributed by atoms with E-state index in [-0.39, 0.29) is 5.91 Å². The van der Waals surface area contributed by atoms with Crippen molar-refractivity contribution < 1.29 is 4.79 Å². The lowest BCUT2D eigenvalue weighted by Gasteiger charge is -2.20. The van der Waals surface area contributed by atoms with Crippen LogP contribution in [0.25, 0.3) is 11.1 Å². The number of anilines is 3. The number of carbonyl (C=O) groups is 1. The Morgan fingerprint density at radius 3 is 2.86 bits per heavy atom. The van der Waals surface area contributed by atoms with Gasteiger partial charge in [-0.1, -0.05) is 25.1 Å². The van der Waals surface area contributed by atoms with Crippen LogP contribution in [0.5, 0.6) is 0 Å². The fourth-order valence-electron chi connectivity index (χ4n) is 3.62. The molecule has 4 rings (SSSR count). The van der Waals surface area contributed by atoms with Gasteiger partial charge in [-0.25, -0.2) is 0 Å². The number of para-hydroxylation sites is 1. The molecule has 146 valence electrons. The summed E-state index contributed by atoms with van der Waals surface area (Å²) in [5, 5.41) is 18.6. The van der Waals surface area contributed by atoms with Crippen LogP contribution in [-0.2, 0) is 4.79 Å². The molecule has 0 aromatic heterocycles. The molecule has 1 fully saturated rings. The van der Waals surface area contributed by atoms with Gasteiger partial charge in [0.15, 0.2) is 0 Å². The monoisotopic (exact) mass is 376 g/mol. The van der Waals surface area contributed by atoms with E-state index in [1.54, 1.807) is 0 Å². The molecular weight excluding hydrogens is 348 g/mol. The quantitative estimate of drug-likeness (QED) is 0.530. The average Bonchev–Trinajstić information content (AvgIpc) is 3.54. The topological polar surface area (TPSA) is 77.0 Å². The van der Waals surface area contributed by atoms with Gasteiger partial charge in [-0.3, -0.25) is 4.79 Å². The molecule has 2 aliphatic rings. The summed E-state index contributed by atoms with van der Waals surface area (Å²) in [5.74, 6) is 0.422. The highest BCUT2D eigenvalue weighted by molar-refractivity contribution is 6.07. The molecule has 0 radical (unpaired) electrons. The lowest BCUT2D eigenvalue weighted by Crippen LogP contribution is -2.17. The fraction of sp³-hybridized carbons (Fsp3) is 0.391. The normalized spacial score (nSPS) is 17.0. The third kappa shape index (κ3) is 3.75. The molecule has 5 nitrogen and oxygen atoms in total. The van der Waals surface area contributed by atoms with Gasteiger partial charge in [-0.2, -0.15) is 0 Å². The van der Waals surface area contributed by atoms with E-state index >= 15 is 0 Å². The van der Waals surface area contributed by atoms with E-state index in [9.17, 15) is 4.79 Å². The maximum Gasteiger partial charge on any atom is 0.226 e. The highest BCUT2D eigenvalue weighted by atomic mass is 16.1. The molecule has 2 aromatic carbocycles. The molecule has 0 bridgehead atoms. The first-order chi connectivity index (χ1) is 13.6. The van der Waals surface area contributed by atoms with E-state index in [0.29, 0.717) is 24.9 Å². The molecule has 28 heavy (non-hydrogen) atoms. The number of nitrogens with one attached hydrogen (secondary N) is 4. The van der Waals surface area contributed by atoms with Crippen molar-refractivity contribution in [3.63, 3.8) is 0 Å². The van der Waals surface area contributed by atoms with Gasteiger partial charge in [0, 0.05) is 47.5 Å². The first-order valence-corrected chi connectivity index (χ1v) is 10.2. The van der Waals surface area contributed by atoms with Gasteiger partial charge in [-0.05, 0) is 49.9 Å². The predicted octanol–water partition coefficient (Wildman–Crippen LogP) is 5.10. The highest BCUT2D eigenvalue weighted by Gasteiger charge is 2.29. The zero-order chi connectivity index (χ0) is 19.7. The van der Waals surface area contributed by atoms with Crippen LogP contribution in [0.15, 0.2) is 36.4 Å². The van der Waals surface area contributed by atoms with E-state index in [1.807, 2.05) is 12.1 Å². The zero-order valence-electron chi connectivity index (χ0n) is 16.6. The largest absolute Gasteiger partial charge is 0.382 e. The number of hydrogen-bond donors (Lipinski definition) is 4. The van der Waals surface area contributed by atoms with Gasteiger partial charge < -0.3 is 21.4 Å². The minimum atomic E-state index is 0.0349. The maximum atomic E-state index is 11.9. The molecule has 1 saturated carbocycles. The van der Waals surface area contributed by atoms with Crippen molar-refractivity contribution in [1.82, 2.24) is 0 Å². The van der Waals surface area contributed by atoms with E-state index in [0.717, 1.165) is 58.7 Å². The molecule has 1 amide bonds. The second kappa shape index (κ2) is 7.66. The van der Waals surface area contributed by atoms with Gasteiger partial charge >= 0.3 is 0 Å². The number of rotatable bonds is 6. The first-order valence-electron chi connectivity index (χ1n) is 10.2. The molecule has 0 unspecified atom stereocenters. The summed E-state index contributed by atoms with van der Waals surface area (Å²) in [5.41, 5.74) is 6.67. The lowest BCUT2D eigenvalue weighted by molar-refractivity contribution is -0.115. The van der Waals surface area contributed by atoms with Gasteiger partial charge in [0.05, 0.1) is 11.4 Å². The van der Waals surface area contributed by atoms with Gasteiger partial charge in [-0.15, -0.1) is 0 Å². The summed E-state index contributed by atoms with van der Waals surface area (Å²) >= 11 is 0. The van der Waals surface area contributed by atoms with Crippen LogP contribution in [0, 0.1) is 11.3 Å². The molecule has 1 atom stereocenters. The molecule has 2 aromatic rings. The van der Waals surface area contributed by atoms with Crippen molar-refractivity contribution in [3.8, 4) is 11.1 Å². The van der Waals surface area contributed by atoms with Crippen molar-refractivity contribution in [2.24, 2.45) is 5.92 Å². The standard InChI is InChI=1S/C23H28N4O/c1-3-14(2)26-19-10-9-16(13-18(19)22(24)15-7-8-15)17-5-4-6-20-23(17)25-12-11-21(28)27-20/h4-6,9-10,13-15,24-26H,3,7-8,11-12H2,1-2H3,(H,27,28)/t14-/m0/s1. The summed E-state index contributed by atoms with van der Waals surface area (Å²) in [6.45, 7) is 4.95. The third-order valence-electron chi connectivity index (χ3n) is 5.61. The maximum absolute atomic E-state index is 11.9. The summed E-state index contributed by atoms with van der Waals surface area (Å²) in [7, 11) is 0. The molecule has 5 heteroatoms. The van der Waals surface area contributed by atoms with E-state index in [2.05, 4.69) is 54.1 Å². The van der Waals surface area contributed by atoms with E-state index in [4.69, 9.17) is 5.41 Å². The minimum Gasteiger partial charge on any atom is -0.382 e. The SMILES string of the molecule is CC[C@H](C)Nc1ccc(-c2cccc3c2NCCC(=O)N3)cc1C(=N)C1CC1. The molecule has 1 aliphatic carbocycles. The van der Waals surface area contributed by atoms with Crippen LogP contribution < -0.4 is 16.0 Å². The number of fused-ring (bicyclic) bond motifs is 1. The lowest BCUT2D eigenvalue weighted by atomic mass is 9.95. The van der Waals surface area contributed by atoms with Crippen LogP contribution in [0.1, 0.15) is 45.1 Å². The molecule has 4 N–H and O–H groups in total. The van der Waals surface area contributed by atoms with Crippen LogP contribution in [0.4, 0.5) is 17.1 Å². The second-order valence-corrected chi connectivity index (χ2v) is 7.86. The average molecular weight is 377 g/mol. The van der Waals surface area contributed by atoms with Crippen LogP contribution >= 0.6 is 0 Å². The van der Waals surface area contributed by atoms with Crippen molar-refractivity contribution in [3.05, 3.63) is 42.0 Å². The van der Waals surface area contributed by atoms with Crippen molar-refractivity contribution in [2.75, 3.05) is 22.5 Å². The van der Waals surface area contributed by atoms with Crippen molar-refractivity contribution in [1.29, 1.82) is 5.41 Å². The molecular formula is C23H28N4O. The van der Waals surface area contributed by atoms with Crippen LogP contribution in [0.3, 0.4) is 0 Å². The summed E-state index contributed by atoms with van der Waals surface area (Å²) in [4.78, 5) is 11.9. The number of amides is 1. The van der Waals surface area contributed by atoms with Crippen LogP contribution in [-0.4, -0.2) is 24.2 Å². The number of benzene rings is 2. The highest BCUT2D eigenvalue weighted by Crippen LogP contribution is 2.39. The Labute approximate surface area is 166 Å². The molecule has 1 heterocycles. The summed E-state index contributed by atoms with van der Waals surface area (Å²) in [6, 6.07) is 12.7. The van der Waals surface area contributed by atoms with Crippen molar-refractivity contribution >= 4 is 28.7 Å². The Balaban J connectivity index is 1.76. The van der Waals surface area contributed by atoms with Gasteiger partial charge in [0.2, 0.25) is 5.91 Å². The van der Waals surface area contributed by atoms with Crippen LogP contribution in [0.2, 0.25) is 0 Å². The fourth-order valence-corrected chi connectivity index (χ4v) is 3.62. The number of hydrogen-bond acceptors (Lipinski definition) is 4. The first kappa shape index (κ1) is 18.5. The van der Waals surface area contributed by atoms with E-state index in [1.165, 1.54) is 0 Å². The third-order valence-corrected chi connectivity index (χ3v) is 5.61. The summed E-state index contributed by atoms with van der Waals surface area (Å²) in [6.07, 6.45) is 3.72. The minimum absolute atomic E-state index is 0.0349. The number of carbonyl (C=O) groups excluding carboxylic acids is 1.